The third kappa shape index (κ3) is 8.98. The second kappa shape index (κ2) is 14.9. The van der Waals surface area contributed by atoms with Gasteiger partial charge in [0.25, 0.3) is 5.91 Å². The van der Waals surface area contributed by atoms with Crippen molar-refractivity contribution in [2.45, 2.75) is 65.0 Å². The van der Waals surface area contributed by atoms with Crippen LogP contribution in [0.3, 0.4) is 0 Å². The maximum absolute atomic E-state index is 13.9. The molecule has 0 heterocycles. The van der Waals surface area contributed by atoms with Crippen LogP contribution >= 0.6 is 39.1 Å². The van der Waals surface area contributed by atoms with Gasteiger partial charge in [0.1, 0.15) is 11.8 Å². The minimum absolute atomic E-state index is 0.0301. The minimum atomic E-state index is -0.797. The highest BCUT2D eigenvalue weighted by molar-refractivity contribution is 9.10. The van der Waals surface area contributed by atoms with Gasteiger partial charge in [-0.25, -0.2) is 0 Å². The third-order valence-electron chi connectivity index (χ3n) is 6.64. The summed E-state index contributed by atoms with van der Waals surface area (Å²) >= 11 is 16.6. The van der Waals surface area contributed by atoms with E-state index in [9.17, 15) is 9.59 Å². The Morgan fingerprint density at radius 3 is 2.27 bits per heavy atom. The molecule has 1 atom stereocenters. The molecule has 1 N–H and O–H groups in total. The van der Waals surface area contributed by atoms with Crippen molar-refractivity contribution in [3.05, 3.63) is 97.9 Å². The van der Waals surface area contributed by atoms with Crippen molar-refractivity contribution in [2.75, 3.05) is 13.2 Å². The molecule has 0 aromatic heterocycles. The Bertz CT molecular complexity index is 1270. The molecule has 5 nitrogen and oxygen atoms in total. The van der Waals surface area contributed by atoms with Gasteiger partial charge in [-0.2, -0.15) is 0 Å². The fraction of sp³-hybridized carbons (Fsp3) is 0.375. The lowest BCUT2D eigenvalue weighted by molar-refractivity contribution is -0.142. The highest BCUT2D eigenvalue weighted by Crippen LogP contribution is 2.32. The second-order valence-electron chi connectivity index (χ2n) is 10.8. The number of carbonyl (C=O) groups excluding carboxylic acids is 2. The fourth-order valence-electron chi connectivity index (χ4n) is 4.22. The SMILES string of the molecule is CCCCNC(=O)[C@@H](Cc1ccccc1)N(Cc1c(Cl)cccc1Cl)C(=O)COc1ccc(C(C)(C)C)cc1Br. The Hall–Kier alpha value is -2.54. The summed E-state index contributed by atoms with van der Waals surface area (Å²) in [6.45, 7) is 8.79. The van der Waals surface area contributed by atoms with Crippen molar-refractivity contribution in [2.24, 2.45) is 0 Å². The summed E-state index contributed by atoms with van der Waals surface area (Å²) in [5.41, 5.74) is 2.62. The Kier molecular flexibility index (Phi) is 11.9. The normalized spacial score (nSPS) is 12.1. The van der Waals surface area contributed by atoms with E-state index in [0.717, 1.165) is 28.4 Å². The van der Waals surface area contributed by atoms with E-state index < -0.39 is 6.04 Å². The molecule has 0 aliphatic carbocycles. The Labute approximate surface area is 256 Å². The summed E-state index contributed by atoms with van der Waals surface area (Å²) in [6, 6.07) is 19.9. The zero-order valence-corrected chi connectivity index (χ0v) is 26.6. The number of ether oxygens (including phenoxy) is 1. The number of nitrogens with one attached hydrogen (secondary N) is 1. The third-order valence-corrected chi connectivity index (χ3v) is 7.97. The van der Waals surface area contributed by atoms with Gasteiger partial charge in [0.2, 0.25) is 5.91 Å². The molecule has 0 fully saturated rings. The molecule has 0 unspecified atom stereocenters. The topological polar surface area (TPSA) is 58.6 Å². The summed E-state index contributed by atoms with van der Waals surface area (Å²) in [7, 11) is 0. The number of benzene rings is 3. The highest BCUT2D eigenvalue weighted by Gasteiger charge is 2.31. The van der Waals surface area contributed by atoms with E-state index in [1.165, 1.54) is 4.90 Å². The van der Waals surface area contributed by atoms with Crippen LogP contribution in [0.5, 0.6) is 5.75 Å². The van der Waals surface area contributed by atoms with Crippen molar-refractivity contribution in [1.82, 2.24) is 10.2 Å². The van der Waals surface area contributed by atoms with E-state index in [-0.39, 0.29) is 30.4 Å². The van der Waals surface area contributed by atoms with Crippen LogP contribution in [0.4, 0.5) is 0 Å². The van der Waals surface area contributed by atoms with Crippen LogP contribution in [0.2, 0.25) is 10.0 Å². The first kappa shape index (κ1) is 32.0. The molecule has 2 amide bonds. The molecule has 3 aromatic rings. The average Bonchev–Trinajstić information content (AvgIpc) is 2.91. The molecule has 8 heteroatoms. The van der Waals surface area contributed by atoms with E-state index in [0.29, 0.717) is 34.3 Å². The summed E-state index contributed by atoms with van der Waals surface area (Å²) in [4.78, 5) is 29.0. The Morgan fingerprint density at radius 2 is 1.68 bits per heavy atom. The summed E-state index contributed by atoms with van der Waals surface area (Å²) in [5.74, 6) is -0.0389. The molecule has 0 radical (unpaired) electrons. The number of hydrogen-bond acceptors (Lipinski definition) is 3. The predicted molar refractivity (Wildman–Crippen MR) is 167 cm³/mol. The van der Waals surface area contributed by atoms with Gasteiger partial charge in [-0.05, 0) is 63.2 Å². The minimum Gasteiger partial charge on any atom is -0.483 e. The van der Waals surface area contributed by atoms with Gasteiger partial charge in [-0.1, -0.05) is 99.8 Å². The Morgan fingerprint density at radius 1 is 1.00 bits per heavy atom. The van der Waals surface area contributed by atoms with Crippen LogP contribution in [0.1, 0.15) is 57.2 Å². The van der Waals surface area contributed by atoms with Crippen LogP contribution in [0.15, 0.2) is 71.2 Å². The van der Waals surface area contributed by atoms with Crippen LogP contribution in [-0.2, 0) is 28.0 Å². The standard InChI is InChI=1S/C32H37BrCl2N2O3/c1-5-6-17-36-31(39)28(18-22-11-8-7-9-12-22)37(20-24-26(34)13-10-14-27(24)35)30(38)21-40-29-16-15-23(19-25(29)33)32(2,3)4/h7-16,19,28H,5-6,17-18,20-21H2,1-4H3,(H,36,39)/t28-/m1/s1. The molecule has 0 saturated carbocycles. The zero-order chi connectivity index (χ0) is 29.3. The molecule has 3 rings (SSSR count). The predicted octanol–water partition coefficient (Wildman–Crippen LogP) is 7.99. The van der Waals surface area contributed by atoms with E-state index in [1.807, 2.05) is 48.5 Å². The lowest BCUT2D eigenvalue weighted by atomic mass is 9.87. The molecule has 0 aliphatic rings. The van der Waals surface area contributed by atoms with Gasteiger partial charge >= 0.3 is 0 Å². The van der Waals surface area contributed by atoms with Gasteiger partial charge in [0, 0.05) is 35.1 Å². The number of carbonyl (C=O) groups is 2. The molecule has 40 heavy (non-hydrogen) atoms. The molecule has 0 bridgehead atoms. The molecular formula is C32H37BrCl2N2O3. The van der Waals surface area contributed by atoms with E-state index in [1.54, 1.807) is 18.2 Å². The zero-order valence-electron chi connectivity index (χ0n) is 23.5. The van der Waals surface area contributed by atoms with Crippen LogP contribution in [0, 0.1) is 0 Å². The molecule has 0 spiro atoms. The largest absolute Gasteiger partial charge is 0.483 e. The molecule has 0 saturated heterocycles. The van der Waals surface area contributed by atoms with E-state index in [2.05, 4.69) is 48.9 Å². The molecule has 214 valence electrons. The number of rotatable bonds is 12. The number of unbranched alkanes of at least 4 members (excludes halogenated alkanes) is 1. The highest BCUT2D eigenvalue weighted by atomic mass is 79.9. The van der Waals surface area contributed by atoms with Gasteiger partial charge in [-0.3, -0.25) is 9.59 Å². The quantitative estimate of drug-likeness (QED) is 0.203. The smallest absolute Gasteiger partial charge is 0.261 e. The van der Waals surface area contributed by atoms with Crippen LogP contribution in [-0.4, -0.2) is 35.9 Å². The van der Waals surface area contributed by atoms with Gasteiger partial charge in [0.05, 0.1) is 4.47 Å². The molecule has 0 aliphatic heterocycles. The van der Waals surface area contributed by atoms with Crippen molar-refractivity contribution in [3.8, 4) is 5.75 Å². The van der Waals surface area contributed by atoms with E-state index >= 15 is 0 Å². The van der Waals surface area contributed by atoms with Crippen LogP contribution in [0.25, 0.3) is 0 Å². The van der Waals surface area contributed by atoms with Crippen molar-refractivity contribution < 1.29 is 14.3 Å². The van der Waals surface area contributed by atoms with Gasteiger partial charge in [-0.15, -0.1) is 0 Å². The number of nitrogens with zero attached hydrogens (tertiary/aromatic N) is 1. The first-order chi connectivity index (χ1) is 19.0. The summed E-state index contributed by atoms with van der Waals surface area (Å²) in [5, 5.41) is 3.87. The fourth-order valence-corrected chi connectivity index (χ4v) is 5.23. The molecule has 3 aromatic carbocycles. The van der Waals surface area contributed by atoms with Crippen molar-refractivity contribution >= 4 is 50.9 Å². The Balaban J connectivity index is 1.94. The van der Waals surface area contributed by atoms with E-state index in [4.69, 9.17) is 27.9 Å². The monoisotopic (exact) mass is 646 g/mol. The maximum atomic E-state index is 13.9. The lowest BCUT2D eigenvalue weighted by Gasteiger charge is -2.32. The maximum Gasteiger partial charge on any atom is 0.261 e. The number of halogens is 3. The first-order valence-electron chi connectivity index (χ1n) is 13.5. The molecular weight excluding hydrogens is 611 g/mol. The first-order valence-corrected chi connectivity index (χ1v) is 15.0. The number of amides is 2. The summed E-state index contributed by atoms with van der Waals surface area (Å²) in [6.07, 6.45) is 2.12. The van der Waals surface area contributed by atoms with Gasteiger partial charge < -0.3 is 15.0 Å². The summed E-state index contributed by atoms with van der Waals surface area (Å²) < 4.78 is 6.74. The second-order valence-corrected chi connectivity index (χ2v) is 12.4. The van der Waals surface area contributed by atoms with Crippen molar-refractivity contribution in [3.63, 3.8) is 0 Å². The van der Waals surface area contributed by atoms with Crippen LogP contribution < -0.4 is 10.1 Å². The lowest BCUT2D eigenvalue weighted by Crippen LogP contribution is -2.52. The van der Waals surface area contributed by atoms with Gasteiger partial charge in [0.15, 0.2) is 6.61 Å². The number of hydrogen-bond donors (Lipinski definition) is 1. The average molecular weight is 648 g/mol. The van der Waals surface area contributed by atoms with Crippen molar-refractivity contribution in [1.29, 1.82) is 0 Å².